The molecule has 1 radical (unpaired) electrons. The predicted octanol–water partition coefficient (Wildman–Crippen LogP) is 0.728. The van der Waals surface area contributed by atoms with Crippen molar-refractivity contribution >= 4 is 5.91 Å². The van der Waals surface area contributed by atoms with Gasteiger partial charge in [-0.3, -0.25) is 9.78 Å². The Balaban J connectivity index is 2.14. The molecular formula is C9H9N2O. The number of amides is 1. The molecule has 1 aromatic heterocycles. The van der Waals surface area contributed by atoms with Crippen molar-refractivity contribution in [1.29, 1.82) is 0 Å². The van der Waals surface area contributed by atoms with Crippen LogP contribution in [0.15, 0.2) is 18.3 Å². The van der Waals surface area contributed by atoms with Crippen LogP contribution in [0.1, 0.15) is 16.8 Å². The molecule has 2 heterocycles. The molecule has 1 aliphatic heterocycles. The van der Waals surface area contributed by atoms with E-state index < -0.39 is 0 Å². The van der Waals surface area contributed by atoms with E-state index in [2.05, 4.69) is 11.2 Å². The van der Waals surface area contributed by atoms with Gasteiger partial charge in [0.15, 0.2) is 0 Å². The summed E-state index contributed by atoms with van der Waals surface area (Å²) >= 11 is 0. The molecule has 0 aromatic carbocycles. The number of hydrogen-bond acceptors (Lipinski definition) is 2. The molecule has 1 saturated heterocycles. The van der Waals surface area contributed by atoms with Gasteiger partial charge < -0.3 is 4.90 Å². The summed E-state index contributed by atoms with van der Waals surface area (Å²) in [6, 6.07) is 3.50. The standard InChI is InChI=1S/C9H9N2O/c12-9(11-5-2-6-11)8-3-1-4-10-7-8/h1,3-4H,2,5-6H2. The lowest BCUT2D eigenvalue weighted by Crippen LogP contribution is -2.42. The molecule has 3 heteroatoms. The van der Waals surface area contributed by atoms with E-state index in [1.807, 2.05) is 0 Å². The number of pyridine rings is 1. The lowest BCUT2D eigenvalue weighted by molar-refractivity contribution is 0.0651. The number of carbonyl (C=O) groups is 1. The maximum Gasteiger partial charge on any atom is 0.256 e. The van der Waals surface area contributed by atoms with Crippen molar-refractivity contribution < 1.29 is 4.79 Å². The molecule has 0 bridgehead atoms. The number of rotatable bonds is 1. The van der Waals surface area contributed by atoms with E-state index in [0.717, 1.165) is 19.5 Å². The van der Waals surface area contributed by atoms with Crippen LogP contribution in [0.5, 0.6) is 0 Å². The fourth-order valence-corrected chi connectivity index (χ4v) is 1.14. The van der Waals surface area contributed by atoms with Gasteiger partial charge in [0, 0.05) is 19.3 Å². The summed E-state index contributed by atoms with van der Waals surface area (Å²) < 4.78 is 0. The number of carbonyl (C=O) groups excluding carboxylic acids is 1. The first-order chi connectivity index (χ1) is 5.88. The number of nitrogens with zero attached hydrogens (tertiary/aromatic N) is 2. The van der Waals surface area contributed by atoms with E-state index in [9.17, 15) is 4.79 Å². The molecule has 1 amide bonds. The van der Waals surface area contributed by atoms with Crippen LogP contribution >= 0.6 is 0 Å². The molecule has 3 nitrogen and oxygen atoms in total. The second-order valence-corrected chi connectivity index (χ2v) is 2.81. The van der Waals surface area contributed by atoms with E-state index >= 15 is 0 Å². The zero-order chi connectivity index (χ0) is 8.39. The Morgan fingerprint density at radius 2 is 2.42 bits per heavy atom. The summed E-state index contributed by atoms with van der Waals surface area (Å²) in [7, 11) is 0. The summed E-state index contributed by atoms with van der Waals surface area (Å²) in [6.45, 7) is 1.75. The highest BCUT2D eigenvalue weighted by Gasteiger charge is 2.21. The smallest absolute Gasteiger partial charge is 0.256 e. The molecule has 1 aromatic rings. The zero-order valence-corrected chi connectivity index (χ0v) is 6.66. The van der Waals surface area contributed by atoms with Gasteiger partial charge in [0.05, 0.1) is 5.56 Å². The molecular weight excluding hydrogens is 152 g/mol. The first-order valence-corrected chi connectivity index (χ1v) is 4.00. The molecule has 1 aliphatic rings. The Morgan fingerprint density at radius 1 is 1.58 bits per heavy atom. The van der Waals surface area contributed by atoms with Gasteiger partial charge in [-0.1, -0.05) is 0 Å². The van der Waals surface area contributed by atoms with Crippen LogP contribution in [0, 0.1) is 6.20 Å². The van der Waals surface area contributed by atoms with Crippen LogP contribution in [-0.2, 0) is 0 Å². The van der Waals surface area contributed by atoms with Crippen LogP contribution in [0.4, 0.5) is 0 Å². The highest BCUT2D eigenvalue weighted by Crippen LogP contribution is 2.10. The second kappa shape index (κ2) is 2.93. The Morgan fingerprint density at radius 3 is 2.92 bits per heavy atom. The average Bonchev–Trinajstić information content (AvgIpc) is 2.03. The van der Waals surface area contributed by atoms with Crippen LogP contribution < -0.4 is 0 Å². The maximum absolute atomic E-state index is 11.5. The van der Waals surface area contributed by atoms with Gasteiger partial charge in [0.2, 0.25) is 0 Å². The highest BCUT2D eigenvalue weighted by molar-refractivity contribution is 5.94. The molecule has 0 saturated carbocycles. The van der Waals surface area contributed by atoms with Crippen molar-refractivity contribution in [3.05, 3.63) is 30.1 Å². The third-order valence-corrected chi connectivity index (χ3v) is 1.98. The normalized spacial score (nSPS) is 15.5. The van der Waals surface area contributed by atoms with Crippen molar-refractivity contribution in [2.75, 3.05) is 13.1 Å². The van der Waals surface area contributed by atoms with E-state index in [-0.39, 0.29) is 5.91 Å². The summed E-state index contributed by atoms with van der Waals surface area (Å²) in [5, 5.41) is 0. The minimum Gasteiger partial charge on any atom is -0.338 e. The van der Waals surface area contributed by atoms with Crippen molar-refractivity contribution in [3.63, 3.8) is 0 Å². The van der Waals surface area contributed by atoms with E-state index in [0.29, 0.717) is 5.56 Å². The van der Waals surface area contributed by atoms with Gasteiger partial charge in [-0.05, 0) is 18.6 Å². The average molecular weight is 161 g/mol. The molecule has 0 aliphatic carbocycles. The third-order valence-electron chi connectivity index (χ3n) is 1.98. The van der Waals surface area contributed by atoms with Gasteiger partial charge in [-0.15, -0.1) is 0 Å². The molecule has 0 unspecified atom stereocenters. The minimum atomic E-state index is 0.0503. The van der Waals surface area contributed by atoms with E-state index in [1.165, 1.54) is 0 Å². The lowest BCUT2D eigenvalue weighted by atomic mass is 10.1. The molecule has 0 atom stereocenters. The Kier molecular flexibility index (Phi) is 1.78. The van der Waals surface area contributed by atoms with Crippen molar-refractivity contribution in [3.8, 4) is 0 Å². The summed E-state index contributed by atoms with van der Waals surface area (Å²) in [5.41, 5.74) is 0.567. The fraction of sp³-hybridized carbons (Fsp3) is 0.333. The minimum absolute atomic E-state index is 0.0503. The lowest BCUT2D eigenvalue weighted by Gasteiger charge is -2.30. The van der Waals surface area contributed by atoms with Gasteiger partial charge in [0.25, 0.3) is 5.91 Å². The molecule has 0 spiro atoms. The van der Waals surface area contributed by atoms with Crippen LogP contribution in [0.25, 0.3) is 0 Å². The molecule has 12 heavy (non-hydrogen) atoms. The van der Waals surface area contributed by atoms with Gasteiger partial charge >= 0.3 is 0 Å². The quantitative estimate of drug-likeness (QED) is 0.608. The van der Waals surface area contributed by atoms with Gasteiger partial charge in [-0.2, -0.15) is 0 Å². The maximum atomic E-state index is 11.5. The number of aromatic nitrogens is 1. The van der Waals surface area contributed by atoms with E-state index in [4.69, 9.17) is 0 Å². The van der Waals surface area contributed by atoms with Gasteiger partial charge in [0.1, 0.15) is 6.20 Å². The third kappa shape index (κ3) is 1.18. The molecule has 1 fully saturated rings. The molecule has 0 N–H and O–H groups in total. The van der Waals surface area contributed by atoms with Gasteiger partial charge in [-0.25, -0.2) is 0 Å². The predicted molar refractivity (Wildman–Crippen MR) is 43.6 cm³/mol. The van der Waals surface area contributed by atoms with Crippen molar-refractivity contribution in [2.45, 2.75) is 6.42 Å². The van der Waals surface area contributed by atoms with E-state index in [1.54, 1.807) is 23.2 Å². The molecule has 2 rings (SSSR count). The Labute approximate surface area is 71.0 Å². The zero-order valence-electron chi connectivity index (χ0n) is 6.66. The summed E-state index contributed by atoms with van der Waals surface area (Å²) in [5.74, 6) is 0.0503. The Hall–Kier alpha value is -1.38. The largest absolute Gasteiger partial charge is 0.338 e. The second-order valence-electron chi connectivity index (χ2n) is 2.81. The topological polar surface area (TPSA) is 33.2 Å². The monoisotopic (exact) mass is 161 g/mol. The first-order valence-electron chi connectivity index (χ1n) is 4.00. The summed E-state index contributed by atoms with van der Waals surface area (Å²) in [4.78, 5) is 17.1. The van der Waals surface area contributed by atoms with Crippen LogP contribution in [-0.4, -0.2) is 28.9 Å². The summed E-state index contributed by atoms with van der Waals surface area (Å²) in [6.07, 6.45) is 5.41. The Bertz CT molecular complexity index is 280. The number of hydrogen-bond donors (Lipinski definition) is 0. The first kappa shape index (κ1) is 7.28. The fourth-order valence-electron chi connectivity index (χ4n) is 1.14. The molecule has 61 valence electrons. The van der Waals surface area contributed by atoms with Crippen LogP contribution in [0.3, 0.4) is 0 Å². The SMILES string of the molecule is O=C(c1[c]nccc1)N1CCC1. The van der Waals surface area contributed by atoms with Crippen LogP contribution in [0.2, 0.25) is 0 Å². The highest BCUT2D eigenvalue weighted by atomic mass is 16.2. The number of likely N-dealkylation sites (tertiary alicyclic amines) is 1. The van der Waals surface area contributed by atoms with Crippen molar-refractivity contribution in [1.82, 2.24) is 9.88 Å². The van der Waals surface area contributed by atoms with Crippen molar-refractivity contribution in [2.24, 2.45) is 0 Å².